The van der Waals surface area contributed by atoms with Crippen LogP contribution in [0.25, 0.3) is 22.6 Å². The summed E-state index contributed by atoms with van der Waals surface area (Å²) in [6.07, 6.45) is 3.50. The number of aromatic nitrogens is 6. The van der Waals surface area contributed by atoms with E-state index in [0.717, 1.165) is 23.6 Å². The van der Waals surface area contributed by atoms with Gasteiger partial charge in [-0.2, -0.15) is 10.1 Å². The monoisotopic (exact) mass is 385 g/mol. The summed E-state index contributed by atoms with van der Waals surface area (Å²) in [6, 6.07) is 0. The molecule has 1 fully saturated rings. The molecule has 1 aliphatic rings. The zero-order valence-corrected chi connectivity index (χ0v) is 16.4. The average Bonchev–Trinajstić information content (AvgIpc) is 3.40. The van der Waals surface area contributed by atoms with E-state index < -0.39 is 0 Å². The molecule has 0 aromatic carbocycles. The lowest BCUT2D eigenvalue weighted by molar-refractivity contribution is 0.125. The van der Waals surface area contributed by atoms with Crippen LogP contribution in [-0.2, 0) is 18.3 Å². The maximum atomic E-state index is 11.7. The quantitative estimate of drug-likeness (QED) is 0.675. The molecule has 4 rings (SSSR count). The van der Waals surface area contributed by atoms with Crippen molar-refractivity contribution in [3.05, 3.63) is 18.2 Å². The van der Waals surface area contributed by atoms with Gasteiger partial charge in [0.15, 0.2) is 11.2 Å². The van der Waals surface area contributed by atoms with Crippen LogP contribution in [0.5, 0.6) is 5.88 Å². The van der Waals surface area contributed by atoms with Gasteiger partial charge in [0, 0.05) is 32.3 Å². The van der Waals surface area contributed by atoms with E-state index in [1.165, 1.54) is 13.4 Å². The van der Waals surface area contributed by atoms with Gasteiger partial charge >= 0.3 is 6.09 Å². The Kier molecular flexibility index (Phi) is 4.62. The Hall–Kier alpha value is -3.17. The summed E-state index contributed by atoms with van der Waals surface area (Å²) in [6.45, 7) is 5.92. The Balaban J connectivity index is 1.66. The number of carbonyl (C=O) groups excluding carboxylic acids is 1. The first-order chi connectivity index (χ1) is 13.5. The summed E-state index contributed by atoms with van der Waals surface area (Å²) in [5, 5.41) is 4.41. The molecule has 4 heterocycles. The molecule has 3 aromatic heterocycles. The van der Waals surface area contributed by atoms with E-state index in [1.54, 1.807) is 4.90 Å². The number of amides is 1. The molecule has 1 aliphatic heterocycles. The maximum Gasteiger partial charge on any atom is 0.409 e. The third-order valence-corrected chi connectivity index (χ3v) is 5.12. The summed E-state index contributed by atoms with van der Waals surface area (Å²) in [5.41, 5.74) is 3.28. The fraction of sp³-hybridized carbons (Fsp3) is 0.500. The van der Waals surface area contributed by atoms with Gasteiger partial charge in [0.05, 0.1) is 25.4 Å². The fourth-order valence-electron chi connectivity index (χ4n) is 3.57. The van der Waals surface area contributed by atoms with E-state index in [2.05, 4.69) is 22.0 Å². The van der Waals surface area contributed by atoms with Gasteiger partial charge in [0.25, 0.3) is 0 Å². The number of methoxy groups -OCH3 is 1. The normalized spacial score (nSPS) is 16.7. The number of imidazole rings is 1. The van der Waals surface area contributed by atoms with Crippen molar-refractivity contribution in [1.82, 2.24) is 34.2 Å². The van der Waals surface area contributed by atoms with Gasteiger partial charge in [-0.1, -0.05) is 0 Å². The molecular weight excluding hydrogens is 362 g/mol. The molecule has 0 bridgehead atoms. The number of rotatable bonds is 4. The lowest BCUT2D eigenvalue weighted by Crippen LogP contribution is -2.30. The van der Waals surface area contributed by atoms with Crippen LogP contribution in [0.15, 0.2) is 12.5 Å². The van der Waals surface area contributed by atoms with Crippen molar-refractivity contribution in [1.29, 1.82) is 0 Å². The largest absolute Gasteiger partial charge is 0.471 e. The second-order valence-electron chi connectivity index (χ2n) is 6.75. The van der Waals surface area contributed by atoms with Crippen molar-refractivity contribution >= 4 is 17.3 Å². The Morgan fingerprint density at radius 3 is 2.89 bits per heavy atom. The number of carbonyl (C=O) groups is 1. The Morgan fingerprint density at radius 2 is 2.18 bits per heavy atom. The van der Waals surface area contributed by atoms with Crippen molar-refractivity contribution in [2.45, 2.75) is 32.9 Å². The minimum Gasteiger partial charge on any atom is -0.471 e. The van der Waals surface area contributed by atoms with Crippen LogP contribution in [-0.4, -0.2) is 66.6 Å². The first kappa shape index (κ1) is 18.2. The van der Waals surface area contributed by atoms with Gasteiger partial charge in [-0.15, -0.1) is 0 Å². The number of hydrogen-bond acceptors (Lipinski definition) is 7. The lowest BCUT2D eigenvalue weighted by Gasteiger charge is -2.15. The number of hydrogen-bond donors (Lipinski definition) is 0. The van der Waals surface area contributed by atoms with Crippen LogP contribution in [0.1, 0.15) is 19.0 Å². The zero-order valence-electron chi connectivity index (χ0n) is 16.4. The second-order valence-corrected chi connectivity index (χ2v) is 6.75. The summed E-state index contributed by atoms with van der Waals surface area (Å²) in [4.78, 5) is 26.7. The Morgan fingerprint density at radius 1 is 1.36 bits per heavy atom. The van der Waals surface area contributed by atoms with Crippen LogP contribution < -0.4 is 4.74 Å². The van der Waals surface area contributed by atoms with Gasteiger partial charge < -0.3 is 18.9 Å². The molecule has 3 aromatic rings. The zero-order chi connectivity index (χ0) is 19.8. The van der Waals surface area contributed by atoms with Gasteiger partial charge in [-0.25, -0.2) is 14.8 Å². The number of aryl methyl sites for hydroxylation is 2. The molecule has 10 nitrogen and oxygen atoms in total. The molecule has 28 heavy (non-hydrogen) atoms. The van der Waals surface area contributed by atoms with E-state index in [4.69, 9.17) is 14.5 Å². The minimum atomic E-state index is -0.345. The molecule has 1 atom stereocenters. The van der Waals surface area contributed by atoms with Crippen molar-refractivity contribution in [2.24, 2.45) is 7.05 Å². The fourth-order valence-corrected chi connectivity index (χ4v) is 3.57. The second kappa shape index (κ2) is 7.10. The predicted octanol–water partition coefficient (Wildman–Crippen LogP) is 1.77. The predicted molar refractivity (Wildman–Crippen MR) is 101 cm³/mol. The third-order valence-electron chi connectivity index (χ3n) is 5.12. The average molecular weight is 385 g/mol. The Bertz CT molecular complexity index is 1030. The van der Waals surface area contributed by atoms with E-state index >= 15 is 0 Å². The van der Waals surface area contributed by atoms with Crippen LogP contribution in [0.2, 0.25) is 0 Å². The van der Waals surface area contributed by atoms with E-state index in [9.17, 15) is 4.79 Å². The Labute approximate surface area is 162 Å². The lowest BCUT2D eigenvalue weighted by atomic mass is 10.2. The number of likely N-dealkylation sites (tertiary alicyclic amines) is 1. The summed E-state index contributed by atoms with van der Waals surface area (Å²) < 4.78 is 14.7. The van der Waals surface area contributed by atoms with Crippen LogP contribution in [0.4, 0.5) is 4.79 Å². The SMILES string of the molecule is CCn1ncc(-c2nc3c(O[C@H]4CCN(C(=O)OC)C4)ncnc3n2C)c1C. The van der Waals surface area contributed by atoms with Crippen molar-refractivity contribution < 1.29 is 14.3 Å². The highest BCUT2D eigenvalue weighted by atomic mass is 16.5. The van der Waals surface area contributed by atoms with E-state index in [0.29, 0.717) is 36.6 Å². The topological polar surface area (TPSA) is 100 Å². The smallest absolute Gasteiger partial charge is 0.409 e. The molecule has 0 spiro atoms. The molecule has 1 amide bonds. The minimum absolute atomic E-state index is 0.160. The summed E-state index contributed by atoms with van der Waals surface area (Å²) >= 11 is 0. The van der Waals surface area contributed by atoms with Crippen LogP contribution in [0, 0.1) is 6.92 Å². The molecule has 0 N–H and O–H groups in total. The molecule has 0 radical (unpaired) electrons. The highest BCUT2D eigenvalue weighted by Gasteiger charge is 2.29. The van der Waals surface area contributed by atoms with Gasteiger partial charge in [0.1, 0.15) is 18.3 Å². The summed E-state index contributed by atoms with van der Waals surface area (Å²) in [5.74, 6) is 1.18. The van der Waals surface area contributed by atoms with Crippen molar-refractivity contribution in [3.63, 3.8) is 0 Å². The van der Waals surface area contributed by atoms with Crippen molar-refractivity contribution in [2.75, 3.05) is 20.2 Å². The van der Waals surface area contributed by atoms with E-state index in [1.807, 2.05) is 29.4 Å². The molecule has 10 heteroatoms. The number of ether oxygens (including phenoxy) is 2. The van der Waals surface area contributed by atoms with Gasteiger partial charge in [-0.05, 0) is 13.8 Å². The third kappa shape index (κ3) is 2.94. The molecular formula is C18H23N7O3. The maximum absolute atomic E-state index is 11.7. The van der Waals surface area contributed by atoms with Crippen molar-refractivity contribution in [3.8, 4) is 17.3 Å². The molecule has 1 saturated heterocycles. The van der Waals surface area contributed by atoms with Crippen LogP contribution >= 0.6 is 0 Å². The molecule has 0 unspecified atom stereocenters. The number of nitrogens with zero attached hydrogens (tertiary/aromatic N) is 7. The van der Waals surface area contributed by atoms with Gasteiger partial charge in [-0.3, -0.25) is 4.68 Å². The highest BCUT2D eigenvalue weighted by Crippen LogP contribution is 2.29. The molecule has 0 aliphatic carbocycles. The first-order valence-electron chi connectivity index (χ1n) is 9.23. The van der Waals surface area contributed by atoms with E-state index in [-0.39, 0.29) is 12.2 Å². The molecule has 148 valence electrons. The molecule has 0 saturated carbocycles. The first-order valence-corrected chi connectivity index (χ1v) is 9.23. The standard InChI is InChI=1S/C18H23N7O3/c1-5-25-11(2)13(8-21-25)15-22-14-16(23(15)3)19-10-20-17(14)28-12-6-7-24(9-12)18(26)27-4/h8,10,12H,5-7,9H2,1-4H3/t12-/m0/s1. The van der Waals surface area contributed by atoms with Crippen LogP contribution in [0.3, 0.4) is 0 Å². The number of fused-ring (bicyclic) bond motifs is 1. The van der Waals surface area contributed by atoms with Gasteiger partial charge in [0.2, 0.25) is 5.88 Å². The highest BCUT2D eigenvalue weighted by molar-refractivity contribution is 5.81. The summed E-state index contributed by atoms with van der Waals surface area (Å²) in [7, 11) is 3.29.